The van der Waals surface area contributed by atoms with E-state index in [-0.39, 0.29) is 18.5 Å². The maximum Gasteiger partial charge on any atom is 0.246 e. The molecule has 31 heavy (non-hydrogen) atoms. The van der Waals surface area contributed by atoms with Gasteiger partial charge in [-0.2, -0.15) is 0 Å². The van der Waals surface area contributed by atoms with Gasteiger partial charge in [-0.3, -0.25) is 9.79 Å². The van der Waals surface area contributed by atoms with Crippen molar-refractivity contribution in [3.05, 3.63) is 59.7 Å². The molecule has 0 saturated carbocycles. The second-order valence-electron chi connectivity index (χ2n) is 7.88. The first-order chi connectivity index (χ1) is 15.0. The Morgan fingerprint density at radius 3 is 2.81 bits per heavy atom. The zero-order valence-corrected chi connectivity index (χ0v) is 17.6. The van der Waals surface area contributed by atoms with Crippen LogP contribution in [0, 0.1) is 11.6 Å². The van der Waals surface area contributed by atoms with Crippen molar-refractivity contribution in [3.8, 4) is 0 Å². The minimum absolute atomic E-state index is 0.00321. The number of carbonyl (C=O) groups excluding carboxylic acids is 1. The summed E-state index contributed by atoms with van der Waals surface area (Å²) in [4.78, 5) is 20.8. The van der Waals surface area contributed by atoms with Crippen LogP contribution in [0.15, 0.2) is 47.5 Å². The maximum absolute atomic E-state index is 14.1. The van der Waals surface area contributed by atoms with E-state index in [0.29, 0.717) is 31.3 Å². The first-order valence-corrected chi connectivity index (χ1v) is 10.6. The summed E-state index contributed by atoms with van der Waals surface area (Å²) in [6, 6.07) is 11.7. The van der Waals surface area contributed by atoms with Crippen molar-refractivity contribution < 1.29 is 13.6 Å². The molecule has 0 bridgehead atoms. The predicted octanol–water partition coefficient (Wildman–Crippen LogP) is 2.69. The minimum Gasteiger partial charge on any atom is -0.367 e. The number of aliphatic imine (C=N–C) groups is 1. The molecule has 2 N–H and O–H groups in total. The van der Waals surface area contributed by atoms with Gasteiger partial charge in [0.2, 0.25) is 5.91 Å². The minimum atomic E-state index is -0.583. The number of hydrogen-bond acceptors (Lipinski definition) is 3. The van der Waals surface area contributed by atoms with E-state index < -0.39 is 11.6 Å². The molecule has 1 unspecified atom stereocenters. The van der Waals surface area contributed by atoms with Gasteiger partial charge in [-0.1, -0.05) is 18.2 Å². The van der Waals surface area contributed by atoms with Gasteiger partial charge in [0.25, 0.3) is 0 Å². The molecule has 2 aliphatic rings. The average molecular weight is 427 g/mol. The van der Waals surface area contributed by atoms with E-state index in [4.69, 9.17) is 0 Å². The van der Waals surface area contributed by atoms with Crippen LogP contribution >= 0.6 is 0 Å². The molecule has 1 saturated heterocycles. The highest BCUT2D eigenvalue weighted by molar-refractivity contribution is 5.98. The fourth-order valence-electron chi connectivity index (χ4n) is 4.27. The van der Waals surface area contributed by atoms with Crippen LogP contribution in [0.3, 0.4) is 0 Å². The van der Waals surface area contributed by atoms with Gasteiger partial charge in [-0.15, -0.1) is 0 Å². The fraction of sp³-hybridized carbons (Fsp3) is 0.391. The number of halogens is 2. The molecule has 0 aliphatic carbocycles. The number of rotatable bonds is 4. The van der Waals surface area contributed by atoms with E-state index in [1.54, 1.807) is 7.05 Å². The number of fused-ring (bicyclic) bond motifs is 1. The molecular formula is C23H27F2N5O. The number of guanidine groups is 1. The van der Waals surface area contributed by atoms with Crippen molar-refractivity contribution in [2.45, 2.75) is 25.3 Å². The number of aryl methyl sites for hydroxylation is 1. The Morgan fingerprint density at radius 2 is 2.00 bits per heavy atom. The third-order valence-electron chi connectivity index (χ3n) is 5.82. The molecule has 1 fully saturated rings. The molecule has 2 heterocycles. The normalized spacial score (nSPS) is 18.7. The van der Waals surface area contributed by atoms with Crippen LogP contribution in [0.4, 0.5) is 20.2 Å². The van der Waals surface area contributed by atoms with Gasteiger partial charge >= 0.3 is 0 Å². The topological polar surface area (TPSA) is 60.0 Å². The third-order valence-corrected chi connectivity index (χ3v) is 5.82. The molecule has 0 aromatic heterocycles. The second-order valence-corrected chi connectivity index (χ2v) is 7.88. The number of para-hydroxylation sites is 1. The summed E-state index contributed by atoms with van der Waals surface area (Å²) in [6.07, 6.45) is 2.72. The van der Waals surface area contributed by atoms with Crippen LogP contribution in [0.25, 0.3) is 0 Å². The molecule has 1 amide bonds. The Bertz CT molecular complexity index is 980. The number of anilines is 2. The smallest absolute Gasteiger partial charge is 0.246 e. The van der Waals surface area contributed by atoms with Crippen molar-refractivity contribution in [2.24, 2.45) is 4.99 Å². The highest BCUT2D eigenvalue weighted by Crippen LogP contribution is 2.27. The van der Waals surface area contributed by atoms with Crippen LogP contribution in [0.2, 0.25) is 0 Å². The number of amides is 1. The van der Waals surface area contributed by atoms with Crippen LogP contribution in [-0.2, 0) is 11.2 Å². The molecular weight excluding hydrogens is 400 g/mol. The van der Waals surface area contributed by atoms with Crippen molar-refractivity contribution in [1.82, 2.24) is 10.6 Å². The van der Waals surface area contributed by atoms with Gasteiger partial charge in [0.15, 0.2) is 5.96 Å². The summed E-state index contributed by atoms with van der Waals surface area (Å²) < 4.78 is 27.2. The summed E-state index contributed by atoms with van der Waals surface area (Å²) >= 11 is 0. The quantitative estimate of drug-likeness (QED) is 0.582. The van der Waals surface area contributed by atoms with Crippen molar-refractivity contribution in [2.75, 3.05) is 43.0 Å². The summed E-state index contributed by atoms with van der Waals surface area (Å²) in [7, 11) is 1.66. The number of nitrogens with one attached hydrogen (secondary N) is 2. The lowest BCUT2D eigenvalue weighted by atomic mass is 10.0. The standard InChI is InChI=1S/C23H27F2N5O/c1-26-23(27-14-22(31)30-11-4-6-16-5-2-3-7-20(16)30)28-18-10-12-29(15-18)21-9-8-17(24)13-19(21)25/h2-3,5,7-9,13,18H,4,6,10-12,14-15H2,1H3,(H2,26,27,28). The Labute approximate surface area is 180 Å². The molecule has 0 radical (unpaired) electrons. The third kappa shape index (κ3) is 4.78. The number of benzene rings is 2. The monoisotopic (exact) mass is 427 g/mol. The highest BCUT2D eigenvalue weighted by Gasteiger charge is 2.26. The Hall–Kier alpha value is -3.16. The largest absolute Gasteiger partial charge is 0.367 e. The zero-order valence-electron chi connectivity index (χ0n) is 17.6. The summed E-state index contributed by atoms with van der Waals surface area (Å²) in [5, 5.41) is 6.41. The van der Waals surface area contributed by atoms with Crippen LogP contribution in [0.1, 0.15) is 18.4 Å². The Morgan fingerprint density at radius 1 is 1.16 bits per heavy atom. The van der Waals surface area contributed by atoms with E-state index in [1.807, 2.05) is 28.0 Å². The molecule has 0 spiro atoms. The average Bonchev–Trinajstić information content (AvgIpc) is 3.24. The first kappa shape index (κ1) is 21.1. The molecule has 164 valence electrons. The molecule has 8 heteroatoms. The Kier molecular flexibility index (Phi) is 6.34. The van der Waals surface area contributed by atoms with E-state index in [0.717, 1.165) is 31.0 Å². The number of nitrogens with zero attached hydrogens (tertiary/aromatic N) is 3. The van der Waals surface area contributed by atoms with E-state index in [1.165, 1.54) is 17.7 Å². The summed E-state index contributed by atoms with van der Waals surface area (Å²) in [6.45, 7) is 2.07. The fourth-order valence-corrected chi connectivity index (χ4v) is 4.27. The summed E-state index contributed by atoms with van der Waals surface area (Å²) in [5.74, 6) is -0.613. The summed E-state index contributed by atoms with van der Waals surface area (Å²) in [5.41, 5.74) is 2.58. The predicted molar refractivity (Wildman–Crippen MR) is 119 cm³/mol. The maximum atomic E-state index is 14.1. The SMILES string of the molecule is CN=C(NCC(=O)N1CCCc2ccccc21)NC1CCN(c2ccc(F)cc2F)C1. The van der Waals surface area contributed by atoms with Gasteiger partial charge in [-0.05, 0) is 43.0 Å². The molecule has 2 aromatic carbocycles. The molecule has 4 rings (SSSR count). The van der Waals surface area contributed by atoms with E-state index in [2.05, 4.69) is 21.7 Å². The van der Waals surface area contributed by atoms with E-state index in [9.17, 15) is 13.6 Å². The van der Waals surface area contributed by atoms with Gasteiger partial charge in [0.05, 0.1) is 12.2 Å². The number of hydrogen-bond donors (Lipinski definition) is 2. The van der Waals surface area contributed by atoms with Gasteiger partial charge in [-0.25, -0.2) is 8.78 Å². The van der Waals surface area contributed by atoms with Crippen LogP contribution in [0.5, 0.6) is 0 Å². The van der Waals surface area contributed by atoms with Gasteiger partial charge < -0.3 is 20.4 Å². The molecule has 2 aliphatic heterocycles. The lowest BCUT2D eigenvalue weighted by Crippen LogP contribution is -2.49. The van der Waals surface area contributed by atoms with Gasteiger partial charge in [0, 0.05) is 44.5 Å². The molecule has 1 atom stereocenters. The lowest BCUT2D eigenvalue weighted by Gasteiger charge is -2.30. The Balaban J connectivity index is 1.31. The van der Waals surface area contributed by atoms with Crippen LogP contribution < -0.4 is 20.4 Å². The van der Waals surface area contributed by atoms with Crippen molar-refractivity contribution >= 4 is 23.2 Å². The van der Waals surface area contributed by atoms with E-state index >= 15 is 0 Å². The highest BCUT2D eigenvalue weighted by atomic mass is 19.1. The zero-order chi connectivity index (χ0) is 21.8. The lowest BCUT2D eigenvalue weighted by molar-refractivity contribution is -0.117. The number of carbonyl (C=O) groups is 1. The molecule has 2 aromatic rings. The molecule has 6 nitrogen and oxygen atoms in total. The van der Waals surface area contributed by atoms with Crippen molar-refractivity contribution in [3.63, 3.8) is 0 Å². The van der Waals surface area contributed by atoms with Gasteiger partial charge in [0.1, 0.15) is 11.6 Å². The first-order valence-electron chi connectivity index (χ1n) is 10.6. The second kappa shape index (κ2) is 9.32. The van der Waals surface area contributed by atoms with Crippen LogP contribution in [-0.4, -0.2) is 51.1 Å². The van der Waals surface area contributed by atoms with Crippen molar-refractivity contribution in [1.29, 1.82) is 0 Å².